The van der Waals surface area contributed by atoms with Crippen LogP contribution in [0.2, 0.25) is 0 Å². The Morgan fingerprint density at radius 1 is 0.889 bits per heavy atom. The van der Waals surface area contributed by atoms with E-state index in [0.29, 0.717) is 6.61 Å². The number of carbonyl (C=O) groups excluding carboxylic acids is 1. The summed E-state index contributed by atoms with van der Waals surface area (Å²) in [6.45, 7) is 4.40. The number of amides is 1. The molecular formula is C15H30NO2. The summed E-state index contributed by atoms with van der Waals surface area (Å²) in [5, 5.41) is 0. The van der Waals surface area contributed by atoms with Gasteiger partial charge in [0.15, 0.2) is 0 Å². The fourth-order valence-corrected chi connectivity index (χ4v) is 1.80. The summed E-state index contributed by atoms with van der Waals surface area (Å²) >= 11 is 0. The molecule has 0 aromatic rings. The fourth-order valence-electron chi connectivity index (χ4n) is 1.80. The number of nitrogens with zero attached hydrogens (tertiary/aromatic N) is 1. The van der Waals surface area contributed by atoms with Gasteiger partial charge in [0.25, 0.3) is 0 Å². The lowest BCUT2D eigenvalue weighted by atomic mass is 10.1. The fraction of sp³-hybridized carbons (Fsp3) is 0.867. The molecule has 3 heteroatoms. The third kappa shape index (κ3) is 11.7. The van der Waals surface area contributed by atoms with Gasteiger partial charge in [0.1, 0.15) is 0 Å². The van der Waals surface area contributed by atoms with Crippen molar-refractivity contribution in [3.63, 3.8) is 0 Å². The number of ether oxygens (including phenoxy) is 1. The first-order valence-corrected chi connectivity index (χ1v) is 7.31. The first-order valence-electron chi connectivity index (χ1n) is 7.31. The minimum absolute atomic E-state index is 0.236. The number of unbranched alkanes of at least 4 members (excludes halogenated alkanes) is 9. The van der Waals surface area contributed by atoms with Crippen molar-refractivity contribution < 1.29 is 9.53 Å². The van der Waals surface area contributed by atoms with Gasteiger partial charge in [0.05, 0.1) is 6.61 Å². The van der Waals surface area contributed by atoms with Crippen molar-refractivity contribution in [1.82, 2.24) is 4.90 Å². The van der Waals surface area contributed by atoms with Gasteiger partial charge < -0.3 is 9.64 Å². The molecule has 0 aromatic heterocycles. The van der Waals surface area contributed by atoms with Gasteiger partial charge in [-0.2, -0.15) is 0 Å². The van der Waals surface area contributed by atoms with Crippen LogP contribution in [0, 0.1) is 6.92 Å². The summed E-state index contributed by atoms with van der Waals surface area (Å²) in [6.07, 6.45) is 12.2. The van der Waals surface area contributed by atoms with Gasteiger partial charge in [-0.3, -0.25) is 0 Å². The Morgan fingerprint density at radius 3 is 1.78 bits per heavy atom. The second-order valence-electron chi connectivity index (χ2n) is 5.04. The smallest absolute Gasteiger partial charge is 0.409 e. The zero-order valence-electron chi connectivity index (χ0n) is 12.2. The SMILES string of the molecule is [CH2]CCCCCCCCCCCOC(=O)N(C)C. The third-order valence-corrected chi connectivity index (χ3v) is 2.99. The highest BCUT2D eigenvalue weighted by Crippen LogP contribution is 2.10. The summed E-state index contributed by atoms with van der Waals surface area (Å²) in [5.41, 5.74) is 0. The number of rotatable bonds is 11. The maximum absolute atomic E-state index is 11.1. The van der Waals surface area contributed by atoms with E-state index < -0.39 is 0 Å². The molecule has 3 nitrogen and oxygen atoms in total. The van der Waals surface area contributed by atoms with Gasteiger partial charge in [0.2, 0.25) is 0 Å². The second kappa shape index (κ2) is 12.7. The van der Waals surface area contributed by atoms with Gasteiger partial charge >= 0.3 is 6.09 Å². The number of carbonyl (C=O) groups is 1. The Bertz CT molecular complexity index is 193. The molecule has 0 aliphatic rings. The molecule has 0 heterocycles. The topological polar surface area (TPSA) is 29.5 Å². The molecular weight excluding hydrogens is 226 g/mol. The average Bonchev–Trinajstić information content (AvgIpc) is 2.35. The van der Waals surface area contributed by atoms with Crippen molar-refractivity contribution in [3.05, 3.63) is 6.92 Å². The predicted molar refractivity (Wildman–Crippen MR) is 76.6 cm³/mol. The first-order chi connectivity index (χ1) is 8.68. The molecule has 0 aromatic carbocycles. The van der Waals surface area contributed by atoms with Crippen LogP contribution in [0.25, 0.3) is 0 Å². The quantitative estimate of drug-likeness (QED) is 0.512. The van der Waals surface area contributed by atoms with Gasteiger partial charge in [-0.15, -0.1) is 0 Å². The summed E-state index contributed by atoms with van der Waals surface area (Å²) in [6, 6.07) is 0. The molecule has 0 fully saturated rings. The highest BCUT2D eigenvalue weighted by molar-refractivity contribution is 5.66. The molecule has 0 rings (SSSR count). The molecule has 1 amide bonds. The van der Waals surface area contributed by atoms with Crippen LogP contribution in [-0.4, -0.2) is 31.7 Å². The molecule has 0 unspecified atom stereocenters. The van der Waals surface area contributed by atoms with Crippen LogP contribution in [-0.2, 0) is 4.74 Å². The average molecular weight is 256 g/mol. The first kappa shape index (κ1) is 17.3. The minimum Gasteiger partial charge on any atom is -0.449 e. The van der Waals surface area contributed by atoms with Crippen LogP contribution in [0.15, 0.2) is 0 Å². The molecule has 107 valence electrons. The Balaban J connectivity index is 3.05. The van der Waals surface area contributed by atoms with Crippen molar-refractivity contribution in [2.75, 3.05) is 20.7 Å². The molecule has 0 aliphatic carbocycles. The standard InChI is InChI=1S/C15H30NO2/c1-4-5-6-7-8-9-10-11-12-13-14-18-15(17)16(2)3/h1,4-14H2,2-3H3. The zero-order chi connectivity index (χ0) is 13.6. The molecule has 18 heavy (non-hydrogen) atoms. The van der Waals surface area contributed by atoms with Gasteiger partial charge in [-0.25, -0.2) is 4.79 Å². The van der Waals surface area contributed by atoms with E-state index >= 15 is 0 Å². The molecule has 0 saturated carbocycles. The summed E-state index contributed by atoms with van der Waals surface area (Å²) in [5.74, 6) is 0. The molecule has 0 aliphatic heterocycles. The molecule has 0 bridgehead atoms. The van der Waals surface area contributed by atoms with E-state index in [4.69, 9.17) is 4.74 Å². The van der Waals surface area contributed by atoms with Crippen LogP contribution in [0.1, 0.15) is 64.2 Å². The Hall–Kier alpha value is -0.730. The summed E-state index contributed by atoms with van der Waals surface area (Å²) in [7, 11) is 3.41. The zero-order valence-corrected chi connectivity index (χ0v) is 12.2. The van der Waals surface area contributed by atoms with Crippen molar-refractivity contribution in [1.29, 1.82) is 0 Å². The Labute approximate surface area is 113 Å². The number of hydrogen-bond donors (Lipinski definition) is 0. The van der Waals surface area contributed by atoms with E-state index in [-0.39, 0.29) is 6.09 Å². The lowest BCUT2D eigenvalue weighted by Gasteiger charge is -2.10. The lowest BCUT2D eigenvalue weighted by Crippen LogP contribution is -2.23. The van der Waals surface area contributed by atoms with Gasteiger partial charge in [-0.05, 0) is 6.42 Å². The highest BCUT2D eigenvalue weighted by Gasteiger charge is 2.02. The third-order valence-electron chi connectivity index (χ3n) is 2.99. The van der Waals surface area contributed by atoms with Gasteiger partial charge in [-0.1, -0.05) is 64.7 Å². The maximum atomic E-state index is 11.1. The molecule has 0 saturated heterocycles. The van der Waals surface area contributed by atoms with E-state index in [9.17, 15) is 4.79 Å². The normalized spacial score (nSPS) is 10.4. The van der Waals surface area contributed by atoms with Crippen molar-refractivity contribution in [2.24, 2.45) is 0 Å². The van der Waals surface area contributed by atoms with E-state index in [1.165, 1.54) is 56.3 Å². The molecule has 0 N–H and O–H groups in total. The molecule has 0 atom stereocenters. The monoisotopic (exact) mass is 256 g/mol. The summed E-state index contributed by atoms with van der Waals surface area (Å²) in [4.78, 5) is 12.6. The largest absolute Gasteiger partial charge is 0.449 e. The van der Waals surface area contributed by atoms with E-state index in [1.807, 2.05) is 0 Å². The maximum Gasteiger partial charge on any atom is 0.409 e. The van der Waals surface area contributed by atoms with E-state index in [1.54, 1.807) is 14.1 Å². The lowest BCUT2D eigenvalue weighted by molar-refractivity contribution is 0.116. The van der Waals surface area contributed by atoms with Gasteiger partial charge in [0, 0.05) is 14.1 Å². The van der Waals surface area contributed by atoms with Crippen molar-refractivity contribution >= 4 is 6.09 Å². The van der Waals surface area contributed by atoms with Crippen LogP contribution in [0.5, 0.6) is 0 Å². The van der Waals surface area contributed by atoms with E-state index in [0.717, 1.165) is 12.8 Å². The second-order valence-corrected chi connectivity index (χ2v) is 5.04. The molecule has 1 radical (unpaired) electrons. The number of hydrogen-bond acceptors (Lipinski definition) is 2. The van der Waals surface area contributed by atoms with Crippen molar-refractivity contribution in [3.8, 4) is 0 Å². The van der Waals surface area contributed by atoms with Crippen molar-refractivity contribution in [2.45, 2.75) is 64.2 Å². The van der Waals surface area contributed by atoms with Crippen LogP contribution in [0.3, 0.4) is 0 Å². The van der Waals surface area contributed by atoms with Crippen LogP contribution < -0.4 is 0 Å². The van der Waals surface area contributed by atoms with Crippen LogP contribution in [0.4, 0.5) is 4.79 Å². The minimum atomic E-state index is -0.236. The Morgan fingerprint density at radius 2 is 1.33 bits per heavy atom. The Kier molecular flexibility index (Phi) is 12.2. The summed E-state index contributed by atoms with van der Waals surface area (Å²) < 4.78 is 5.06. The van der Waals surface area contributed by atoms with Crippen LogP contribution >= 0.6 is 0 Å². The predicted octanol–water partition coefficient (Wildman–Crippen LogP) is 4.42. The highest BCUT2D eigenvalue weighted by atomic mass is 16.6. The molecule has 0 spiro atoms. The van der Waals surface area contributed by atoms with E-state index in [2.05, 4.69) is 6.92 Å².